The van der Waals surface area contributed by atoms with E-state index < -0.39 is 0 Å². The second kappa shape index (κ2) is 7.05. The van der Waals surface area contributed by atoms with E-state index in [-0.39, 0.29) is 0 Å². The molecule has 19 heavy (non-hydrogen) atoms. The number of rotatable bonds is 3. The average molecular weight is 267 g/mol. The van der Waals surface area contributed by atoms with Gasteiger partial charge in [-0.25, -0.2) is 0 Å². The molecule has 0 bridgehead atoms. The summed E-state index contributed by atoms with van der Waals surface area (Å²) in [6.07, 6.45) is 5.60. The lowest BCUT2D eigenvalue weighted by atomic mass is 10.1. The lowest BCUT2D eigenvalue weighted by Crippen LogP contribution is -2.44. The molecule has 0 N–H and O–H groups in total. The molecule has 0 unspecified atom stereocenters. The van der Waals surface area contributed by atoms with E-state index in [0.29, 0.717) is 5.54 Å². The van der Waals surface area contributed by atoms with Crippen molar-refractivity contribution in [2.45, 2.75) is 52.0 Å². The van der Waals surface area contributed by atoms with Gasteiger partial charge < -0.3 is 9.80 Å². The van der Waals surface area contributed by atoms with Gasteiger partial charge in [-0.3, -0.25) is 4.90 Å². The molecule has 2 aliphatic heterocycles. The zero-order valence-corrected chi connectivity index (χ0v) is 13.3. The third-order valence-corrected chi connectivity index (χ3v) is 4.72. The van der Waals surface area contributed by atoms with Crippen molar-refractivity contribution >= 4 is 0 Å². The highest BCUT2D eigenvalue weighted by molar-refractivity contribution is 4.80. The maximum absolute atomic E-state index is 2.68. The van der Waals surface area contributed by atoms with E-state index >= 15 is 0 Å². The summed E-state index contributed by atoms with van der Waals surface area (Å²) in [7, 11) is 0. The van der Waals surface area contributed by atoms with Gasteiger partial charge in [-0.1, -0.05) is 6.42 Å². The summed E-state index contributed by atoms with van der Waals surface area (Å²) >= 11 is 0. The van der Waals surface area contributed by atoms with Gasteiger partial charge in [0.15, 0.2) is 0 Å². The van der Waals surface area contributed by atoms with Crippen molar-refractivity contribution in [3.05, 3.63) is 0 Å². The highest BCUT2D eigenvalue weighted by Gasteiger charge is 2.24. The quantitative estimate of drug-likeness (QED) is 0.777. The van der Waals surface area contributed by atoms with Gasteiger partial charge in [0.1, 0.15) is 0 Å². The molecule has 0 radical (unpaired) electrons. The van der Waals surface area contributed by atoms with Crippen LogP contribution in [0.1, 0.15) is 46.5 Å². The van der Waals surface area contributed by atoms with E-state index in [2.05, 4.69) is 35.5 Å². The second-order valence-electron chi connectivity index (χ2n) is 7.26. The fourth-order valence-electron chi connectivity index (χ4n) is 3.33. The lowest BCUT2D eigenvalue weighted by Gasteiger charge is -2.34. The molecule has 2 rings (SSSR count). The predicted octanol–water partition coefficient (Wildman–Crippen LogP) is 2.28. The van der Waals surface area contributed by atoms with Crippen molar-refractivity contribution in [2.24, 2.45) is 0 Å². The Hall–Kier alpha value is -0.120. The van der Waals surface area contributed by atoms with Crippen LogP contribution in [0.3, 0.4) is 0 Å². The third-order valence-electron chi connectivity index (χ3n) is 4.72. The first-order valence-corrected chi connectivity index (χ1v) is 8.25. The Morgan fingerprint density at radius 3 is 1.84 bits per heavy atom. The number of hydrogen-bond acceptors (Lipinski definition) is 3. The highest BCUT2D eigenvalue weighted by atomic mass is 15.3. The molecule has 2 heterocycles. The maximum Gasteiger partial charge on any atom is 0.0125 e. The van der Waals surface area contributed by atoms with E-state index in [1.165, 1.54) is 78.0 Å². The standard InChI is InChI=1S/C16H33N3/c1-16(2,3)19-11-7-10-18(14-15-19)13-12-17-8-5-4-6-9-17/h4-15H2,1-3H3. The summed E-state index contributed by atoms with van der Waals surface area (Å²) in [4.78, 5) is 7.99. The Bertz CT molecular complexity index is 253. The van der Waals surface area contributed by atoms with E-state index in [4.69, 9.17) is 0 Å². The number of nitrogens with zero attached hydrogens (tertiary/aromatic N) is 3. The average Bonchev–Trinajstić information content (AvgIpc) is 2.62. The molecular weight excluding hydrogens is 234 g/mol. The van der Waals surface area contributed by atoms with Crippen molar-refractivity contribution in [2.75, 3.05) is 52.4 Å². The van der Waals surface area contributed by atoms with Crippen molar-refractivity contribution in [1.29, 1.82) is 0 Å². The van der Waals surface area contributed by atoms with Gasteiger partial charge in [-0.05, 0) is 66.2 Å². The number of piperidine rings is 1. The van der Waals surface area contributed by atoms with Crippen LogP contribution in [0, 0.1) is 0 Å². The van der Waals surface area contributed by atoms with Crippen LogP contribution in [0.15, 0.2) is 0 Å². The van der Waals surface area contributed by atoms with Gasteiger partial charge in [0.2, 0.25) is 0 Å². The first-order chi connectivity index (χ1) is 9.05. The molecule has 2 aliphatic rings. The number of hydrogen-bond donors (Lipinski definition) is 0. The van der Waals surface area contributed by atoms with Crippen molar-refractivity contribution in [3.63, 3.8) is 0 Å². The van der Waals surface area contributed by atoms with Gasteiger partial charge in [-0.2, -0.15) is 0 Å². The summed E-state index contributed by atoms with van der Waals surface area (Å²) in [6, 6.07) is 0. The minimum Gasteiger partial charge on any atom is -0.302 e. The molecule has 0 aromatic carbocycles. The SMILES string of the molecule is CC(C)(C)N1CCCN(CCN2CCCCC2)CC1. The van der Waals surface area contributed by atoms with E-state index in [0.717, 1.165) is 0 Å². The topological polar surface area (TPSA) is 9.72 Å². The molecule has 0 aromatic rings. The molecule has 3 heteroatoms. The van der Waals surface area contributed by atoms with Gasteiger partial charge in [0.25, 0.3) is 0 Å². The molecule has 0 aliphatic carbocycles. The van der Waals surface area contributed by atoms with Gasteiger partial charge in [0, 0.05) is 31.7 Å². The third kappa shape index (κ3) is 5.05. The van der Waals surface area contributed by atoms with Crippen LogP contribution in [0.4, 0.5) is 0 Å². The molecule has 0 aromatic heterocycles. The highest BCUT2D eigenvalue weighted by Crippen LogP contribution is 2.16. The zero-order chi connectivity index (χ0) is 13.7. The van der Waals surface area contributed by atoms with Crippen molar-refractivity contribution < 1.29 is 0 Å². The largest absolute Gasteiger partial charge is 0.302 e. The molecule has 0 saturated carbocycles. The smallest absolute Gasteiger partial charge is 0.0125 e. The minimum absolute atomic E-state index is 0.336. The van der Waals surface area contributed by atoms with Crippen LogP contribution in [0.2, 0.25) is 0 Å². The Labute approximate surface area is 119 Å². The second-order valence-corrected chi connectivity index (χ2v) is 7.26. The van der Waals surface area contributed by atoms with Gasteiger partial charge >= 0.3 is 0 Å². The molecule has 0 amide bonds. The van der Waals surface area contributed by atoms with Gasteiger partial charge in [-0.15, -0.1) is 0 Å². The summed E-state index contributed by atoms with van der Waals surface area (Å²) in [5.74, 6) is 0. The molecule has 0 atom stereocenters. The molecular formula is C16H33N3. The van der Waals surface area contributed by atoms with E-state index in [1.807, 2.05) is 0 Å². The van der Waals surface area contributed by atoms with E-state index in [1.54, 1.807) is 0 Å². The van der Waals surface area contributed by atoms with Crippen LogP contribution in [0.25, 0.3) is 0 Å². The fourth-order valence-corrected chi connectivity index (χ4v) is 3.33. The first-order valence-electron chi connectivity index (χ1n) is 8.25. The van der Waals surface area contributed by atoms with Crippen molar-refractivity contribution in [3.8, 4) is 0 Å². The molecule has 2 fully saturated rings. The Balaban J connectivity index is 1.70. The molecule has 3 nitrogen and oxygen atoms in total. The normalized spacial score (nSPS) is 25.4. The predicted molar refractivity (Wildman–Crippen MR) is 82.7 cm³/mol. The van der Waals surface area contributed by atoms with E-state index in [9.17, 15) is 0 Å². The number of likely N-dealkylation sites (tertiary alicyclic amines) is 1. The zero-order valence-electron chi connectivity index (χ0n) is 13.3. The summed E-state index contributed by atoms with van der Waals surface area (Å²) in [5.41, 5.74) is 0.336. The summed E-state index contributed by atoms with van der Waals surface area (Å²) in [6.45, 7) is 17.3. The first kappa shape index (κ1) is 15.3. The molecule has 112 valence electrons. The minimum atomic E-state index is 0.336. The van der Waals surface area contributed by atoms with Crippen LogP contribution in [-0.2, 0) is 0 Å². The van der Waals surface area contributed by atoms with Crippen LogP contribution in [0.5, 0.6) is 0 Å². The van der Waals surface area contributed by atoms with Crippen molar-refractivity contribution in [1.82, 2.24) is 14.7 Å². The summed E-state index contributed by atoms with van der Waals surface area (Å²) in [5, 5.41) is 0. The Morgan fingerprint density at radius 1 is 0.632 bits per heavy atom. The van der Waals surface area contributed by atoms with Crippen LogP contribution >= 0.6 is 0 Å². The summed E-state index contributed by atoms with van der Waals surface area (Å²) < 4.78 is 0. The van der Waals surface area contributed by atoms with Crippen LogP contribution in [-0.4, -0.2) is 72.6 Å². The maximum atomic E-state index is 2.68. The lowest BCUT2D eigenvalue weighted by molar-refractivity contribution is 0.137. The monoisotopic (exact) mass is 267 g/mol. The van der Waals surface area contributed by atoms with Gasteiger partial charge in [0.05, 0.1) is 0 Å². The Morgan fingerprint density at radius 2 is 1.21 bits per heavy atom. The fraction of sp³-hybridized carbons (Fsp3) is 1.00. The van der Waals surface area contributed by atoms with Crippen LogP contribution < -0.4 is 0 Å². The Kier molecular flexibility index (Phi) is 5.67. The molecule has 2 saturated heterocycles. The molecule has 0 spiro atoms.